The van der Waals surface area contributed by atoms with Crippen molar-refractivity contribution in [2.75, 3.05) is 46.9 Å². The number of rotatable bonds is 10. The first-order chi connectivity index (χ1) is 15.5. The molecule has 186 valence electrons. The van der Waals surface area contributed by atoms with E-state index in [1.165, 1.54) is 12.8 Å². The number of hydrogen-bond acceptors (Lipinski definition) is 4. The highest BCUT2D eigenvalue weighted by atomic mass is 127. The number of aliphatic imine (C=N–C) groups is 1. The van der Waals surface area contributed by atoms with E-state index < -0.39 is 0 Å². The van der Waals surface area contributed by atoms with Crippen LogP contribution in [0.3, 0.4) is 0 Å². The largest absolute Gasteiger partial charge is 0.494 e. The molecule has 2 N–H and O–H groups in total. The van der Waals surface area contributed by atoms with Crippen LogP contribution >= 0.6 is 24.0 Å². The molecule has 1 unspecified atom stereocenters. The van der Waals surface area contributed by atoms with Crippen LogP contribution in [0.1, 0.15) is 51.0 Å². The Morgan fingerprint density at radius 1 is 1.18 bits per heavy atom. The highest BCUT2D eigenvalue weighted by Crippen LogP contribution is 2.27. The van der Waals surface area contributed by atoms with E-state index in [4.69, 9.17) is 9.73 Å². The van der Waals surface area contributed by atoms with Crippen molar-refractivity contribution in [3.8, 4) is 5.75 Å². The van der Waals surface area contributed by atoms with E-state index >= 15 is 0 Å². The standard InChI is InChI=1S/C25H41N5O2.HI/c1-4-26-25(28-22-14-16-30(19-22)24(31)21-8-5-6-9-21)27-18-20-10-12-23(13-11-20)32-17-7-15-29(2)3;/h10-13,21-22H,4-9,14-19H2,1-3H3,(H2,26,27,28);1H. The van der Waals surface area contributed by atoms with Gasteiger partial charge in [0.15, 0.2) is 5.96 Å². The monoisotopic (exact) mass is 571 g/mol. The Labute approximate surface area is 216 Å². The predicted molar refractivity (Wildman–Crippen MR) is 145 cm³/mol. The molecule has 33 heavy (non-hydrogen) atoms. The maximum Gasteiger partial charge on any atom is 0.225 e. The van der Waals surface area contributed by atoms with Gasteiger partial charge in [0.2, 0.25) is 5.91 Å². The number of halogens is 1. The van der Waals surface area contributed by atoms with Crippen LogP contribution in [0.25, 0.3) is 0 Å². The van der Waals surface area contributed by atoms with E-state index in [-0.39, 0.29) is 35.9 Å². The molecule has 1 saturated carbocycles. The molecule has 0 aromatic heterocycles. The fraction of sp³-hybridized carbons (Fsp3) is 0.680. The van der Waals surface area contributed by atoms with Gasteiger partial charge >= 0.3 is 0 Å². The molecule has 0 spiro atoms. The molecule has 1 aromatic carbocycles. The average Bonchev–Trinajstić information content (AvgIpc) is 3.48. The number of guanidine groups is 1. The minimum Gasteiger partial charge on any atom is -0.494 e. The molecule has 1 saturated heterocycles. The number of carbonyl (C=O) groups is 1. The summed E-state index contributed by atoms with van der Waals surface area (Å²) in [6.07, 6.45) is 6.53. The summed E-state index contributed by atoms with van der Waals surface area (Å²) in [5.74, 6) is 2.34. The lowest BCUT2D eigenvalue weighted by Crippen LogP contribution is -2.45. The van der Waals surface area contributed by atoms with Crippen LogP contribution in [0.2, 0.25) is 0 Å². The minimum absolute atomic E-state index is 0. The summed E-state index contributed by atoms with van der Waals surface area (Å²) < 4.78 is 5.81. The molecular weight excluding hydrogens is 529 g/mol. The van der Waals surface area contributed by atoms with Crippen LogP contribution in [0.4, 0.5) is 0 Å². The first-order valence-corrected chi connectivity index (χ1v) is 12.2. The van der Waals surface area contributed by atoms with Crippen LogP contribution in [0.5, 0.6) is 5.75 Å². The van der Waals surface area contributed by atoms with Gasteiger partial charge in [0.1, 0.15) is 5.75 Å². The number of benzene rings is 1. The normalized spacial score (nSPS) is 19.0. The third-order valence-electron chi connectivity index (χ3n) is 6.25. The number of hydrogen-bond donors (Lipinski definition) is 2. The quantitative estimate of drug-likeness (QED) is 0.195. The number of nitrogens with zero attached hydrogens (tertiary/aromatic N) is 3. The summed E-state index contributed by atoms with van der Waals surface area (Å²) in [6.45, 7) is 6.87. The van der Waals surface area contributed by atoms with E-state index in [9.17, 15) is 4.79 Å². The maximum atomic E-state index is 12.7. The van der Waals surface area contributed by atoms with Crippen molar-refractivity contribution in [1.82, 2.24) is 20.4 Å². The molecule has 2 aliphatic rings. The Balaban J connectivity index is 0.00000385. The van der Waals surface area contributed by atoms with E-state index in [2.05, 4.69) is 53.6 Å². The fourth-order valence-corrected chi connectivity index (χ4v) is 4.45. The highest BCUT2D eigenvalue weighted by Gasteiger charge is 2.32. The molecule has 1 amide bonds. The van der Waals surface area contributed by atoms with Gasteiger partial charge in [-0.3, -0.25) is 4.79 Å². The van der Waals surface area contributed by atoms with Gasteiger partial charge in [-0.15, -0.1) is 24.0 Å². The summed E-state index contributed by atoms with van der Waals surface area (Å²) in [5.41, 5.74) is 1.15. The fourth-order valence-electron chi connectivity index (χ4n) is 4.45. The zero-order valence-electron chi connectivity index (χ0n) is 20.5. The van der Waals surface area contributed by atoms with Crippen LogP contribution in [-0.4, -0.2) is 74.6 Å². The second kappa shape index (κ2) is 14.7. The molecule has 3 rings (SSSR count). The van der Waals surface area contributed by atoms with E-state index in [1.54, 1.807) is 0 Å². The van der Waals surface area contributed by atoms with Crippen molar-refractivity contribution in [3.63, 3.8) is 0 Å². The highest BCUT2D eigenvalue weighted by molar-refractivity contribution is 14.0. The smallest absolute Gasteiger partial charge is 0.225 e. The van der Waals surface area contributed by atoms with Gasteiger partial charge in [0.05, 0.1) is 13.2 Å². The molecule has 1 atom stereocenters. The molecule has 1 aromatic rings. The molecule has 0 bridgehead atoms. The Morgan fingerprint density at radius 3 is 2.58 bits per heavy atom. The molecule has 8 heteroatoms. The lowest BCUT2D eigenvalue weighted by atomic mass is 10.1. The van der Waals surface area contributed by atoms with Crippen molar-refractivity contribution >= 4 is 35.8 Å². The van der Waals surface area contributed by atoms with Crippen molar-refractivity contribution in [2.24, 2.45) is 10.9 Å². The van der Waals surface area contributed by atoms with E-state index in [0.717, 1.165) is 75.7 Å². The molecule has 1 aliphatic carbocycles. The van der Waals surface area contributed by atoms with Gasteiger partial charge in [-0.1, -0.05) is 25.0 Å². The van der Waals surface area contributed by atoms with Crippen LogP contribution < -0.4 is 15.4 Å². The second-order valence-electron chi connectivity index (χ2n) is 9.24. The van der Waals surface area contributed by atoms with Gasteiger partial charge in [-0.25, -0.2) is 4.99 Å². The molecular formula is C25H42IN5O2. The van der Waals surface area contributed by atoms with Crippen molar-refractivity contribution in [1.29, 1.82) is 0 Å². The average molecular weight is 572 g/mol. The Kier molecular flexibility index (Phi) is 12.3. The Morgan fingerprint density at radius 2 is 1.91 bits per heavy atom. The zero-order valence-corrected chi connectivity index (χ0v) is 22.8. The maximum absolute atomic E-state index is 12.7. The topological polar surface area (TPSA) is 69.2 Å². The third-order valence-corrected chi connectivity index (χ3v) is 6.25. The van der Waals surface area contributed by atoms with Gasteiger partial charge in [-0.05, 0) is 64.4 Å². The van der Waals surface area contributed by atoms with Gasteiger partial charge in [-0.2, -0.15) is 0 Å². The van der Waals surface area contributed by atoms with E-state index in [0.29, 0.717) is 12.5 Å². The first-order valence-electron chi connectivity index (χ1n) is 12.2. The lowest BCUT2D eigenvalue weighted by molar-refractivity contribution is -0.134. The van der Waals surface area contributed by atoms with Crippen LogP contribution in [-0.2, 0) is 11.3 Å². The van der Waals surface area contributed by atoms with Crippen molar-refractivity contribution in [3.05, 3.63) is 29.8 Å². The number of carbonyl (C=O) groups excluding carboxylic acids is 1. The molecule has 7 nitrogen and oxygen atoms in total. The number of likely N-dealkylation sites (tertiary alicyclic amines) is 1. The molecule has 1 aliphatic heterocycles. The van der Waals surface area contributed by atoms with Gasteiger partial charge in [0.25, 0.3) is 0 Å². The second-order valence-corrected chi connectivity index (χ2v) is 9.24. The molecule has 2 fully saturated rings. The number of ether oxygens (including phenoxy) is 1. The predicted octanol–water partition coefficient (Wildman–Crippen LogP) is 3.48. The summed E-state index contributed by atoms with van der Waals surface area (Å²) in [6, 6.07) is 8.45. The lowest BCUT2D eigenvalue weighted by Gasteiger charge is -2.21. The first kappa shape index (κ1) is 27.7. The van der Waals surface area contributed by atoms with Crippen molar-refractivity contribution < 1.29 is 9.53 Å². The van der Waals surface area contributed by atoms with Crippen LogP contribution in [0.15, 0.2) is 29.3 Å². The van der Waals surface area contributed by atoms with Crippen molar-refractivity contribution in [2.45, 2.75) is 58.0 Å². The minimum atomic E-state index is 0. The number of nitrogens with one attached hydrogen (secondary N) is 2. The zero-order chi connectivity index (χ0) is 22.8. The molecule has 1 heterocycles. The summed E-state index contributed by atoms with van der Waals surface area (Å²) in [4.78, 5) is 21.7. The molecule has 0 radical (unpaired) electrons. The number of amides is 1. The Bertz CT molecular complexity index is 735. The Hall–Kier alpha value is -1.55. The third kappa shape index (κ3) is 9.31. The van der Waals surface area contributed by atoms with Gasteiger partial charge < -0.3 is 25.2 Å². The van der Waals surface area contributed by atoms with Gasteiger partial charge in [0, 0.05) is 38.1 Å². The SMILES string of the molecule is CCNC(=NCc1ccc(OCCCN(C)C)cc1)NC1CCN(C(=O)C2CCCC2)C1.I. The summed E-state index contributed by atoms with van der Waals surface area (Å²) in [5, 5.41) is 6.87. The van der Waals surface area contributed by atoms with E-state index in [1.807, 2.05) is 12.1 Å². The van der Waals surface area contributed by atoms with Crippen LogP contribution in [0, 0.1) is 5.92 Å². The summed E-state index contributed by atoms with van der Waals surface area (Å²) in [7, 11) is 4.15. The summed E-state index contributed by atoms with van der Waals surface area (Å²) >= 11 is 0.